The third-order valence-corrected chi connectivity index (χ3v) is 5.99. The predicted octanol–water partition coefficient (Wildman–Crippen LogP) is 4.78. The van der Waals surface area contributed by atoms with Crippen molar-refractivity contribution in [2.75, 3.05) is 26.0 Å². The van der Waals surface area contributed by atoms with Gasteiger partial charge in [0.1, 0.15) is 5.39 Å². The van der Waals surface area contributed by atoms with Gasteiger partial charge in [-0.05, 0) is 56.3 Å². The molecule has 0 amide bonds. The molecule has 8 heteroatoms. The van der Waals surface area contributed by atoms with Crippen LogP contribution >= 0.6 is 0 Å². The number of nitrogens with zero attached hydrogens (tertiary/aromatic N) is 6. The first kappa shape index (κ1) is 25.6. The average molecular weight is 488 g/mol. The number of pyridine rings is 1. The van der Waals surface area contributed by atoms with E-state index in [1.54, 1.807) is 10.9 Å². The number of rotatable bonds is 8. The second-order valence-electron chi connectivity index (χ2n) is 11.0. The first-order valence-electron chi connectivity index (χ1n) is 12.5. The van der Waals surface area contributed by atoms with E-state index in [0.717, 1.165) is 24.3 Å². The SMILES string of the molecule is CC(C)Cn1c(=O)c2cnc(Nc3ccc(CCN(C)C)cc3)nc2n1-c1cccc(C(C)(C)C)n1. The second-order valence-corrected chi connectivity index (χ2v) is 11.0. The molecule has 0 atom stereocenters. The molecule has 0 saturated heterocycles. The van der Waals surface area contributed by atoms with Crippen LogP contribution in [0.25, 0.3) is 16.9 Å². The standard InChI is InChI=1S/C28H37N7O/c1-19(2)18-34-26(36)22-17-29-27(30-21-13-11-20(12-14-21)15-16-33(6)7)32-25(22)35(34)24-10-8-9-23(31-24)28(3,4)5/h8-14,17,19H,15-16,18H2,1-7H3,(H,29,30,32). The molecule has 3 heterocycles. The lowest BCUT2D eigenvalue weighted by Gasteiger charge is -2.20. The van der Waals surface area contributed by atoms with Gasteiger partial charge in [-0.1, -0.05) is 52.8 Å². The van der Waals surface area contributed by atoms with Crippen LogP contribution in [0.3, 0.4) is 0 Å². The topological polar surface area (TPSA) is 80.9 Å². The monoisotopic (exact) mass is 487 g/mol. The minimum absolute atomic E-state index is 0.113. The summed E-state index contributed by atoms with van der Waals surface area (Å²) < 4.78 is 3.56. The molecule has 0 radical (unpaired) electrons. The van der Waals surface area contributed by atoms with Gasteiger partial charge < -0.3 is 10.2 Å². The molecule has 1 N–H and O–H groups in total. The quantitative estimate of drug-likeness (QED) is 0.385. The highest BCUT2D eigenvalue weighted by Gasteiger charge is 2.21. The van der Waals surface area contributed by atoms with Gasteiger partial charge in [0.15, 0.2) is 11.5 Å². The molecule has 190 valence electrons. The Morgan fingerprint density at radius 1 is 1.03 bits per heavy atom. The molecule has 1 aromatic carbocycles. The predicted molar refractivity (Wildman–Crippen MR) is 146 cm³/mol. The molecule has 0 unspecified atom stereocenters. The van der Waals surface area contributed by atoms with Crippen molar-refractivity contribution in [3.8, 4) is 5.82 Å². The maximum Gasteiger partial charge on any atom is 0.278 e. The molecular formula is C28H37N7O. The number of hydrogen-bond acceptors (Lipinski definition) is 6. The van der Waals surface area contributed by atoms with Crippen molar-refractivity contribution in [1.29, 1.82) is 0 Å². The van der Waals surface area contributed by atoms with Crippen LogP contribution in [0.15, 0.2) is 53.5 Å². The van der Waals surface area contributed by atoms with E-state index in [2.05, 4.69) is 76.0 Å². The lowest BCUT2D eigenvalue weighted by atomic mass is 9.92. The van der Waals surface area contributed by atoms with E-state index in [-0.39, 0.29) is 16.9 Å². The Balaban J connectivity index is 1.76. The van der Waals surface area contributed by atoms with Crippen LogP contribution in [0.4, 0.5) is 11.6 Å². The van der Waals surface area contributed by atoms with E-state index in [0.29, 0.717) is 29.3 Å². The Bertz CT molecular complexity index is 1390. The zero-order chi connectivity index (χ0) is 26.0. The Morgan fingerprint density at radius 2 is 1.75 bits per heavy atom. The van der Waals surface area contributed by atoms with Gasteiger partial charge in [0.2, 0.25) is 5.95 Å². The molecule has 0 aliphatic carbocycles. The third-order valence-electron chi connectivity index (χ3n) is 5.99. The van der Waals surface area contributed by atoms with Crippen LogP contribution in [0.5, 0.6) is 0 Å². The zero-order valence-corrected chi connectivity index (χ0v) is 22.4. The Morgan fingerprint density at radius 3 is 2.39 bits per heavy atom. The number of aromatic nitrogens is 5. The fourth-order valence-corrected chi connectivity index (χ4v) is 4.03. The number of hydrogen-bond donors (Lipinski definition) is 1. The fourth-order valence-electron chi connectivity index (χ4n) is 4.03. The molecule has 0 spiro atoms. The first-order chi connectivity index (χ1) is 17.0. The molecule has 0 saturated carbocycles. The molecule has 4 rings (SSSR count). The summed E-state index contributed by atoms with van der Waals surface area (Å²) in [4.78, 5) is 29.7. The summed E-state index contributed by atoms with van der Waals surface area (Å²) in [5.74, 6) is 1.38. The third kappa shape index (κ3) is 5.65. The fraction of sp³-hybridized carbons (Fsp3) is 0.429. The zero-order valence-electron chi connectivity index (χ0n) is 22.4. The maximum absolute atomic E-state index is 13.4. The van der Waals surface area contributed by atoms with Crippen LogP contribution in [-0.2, 0) is 18.4 Å². The Hall–Kier alpha value is -3.52. The summed E-state index contributed by atoms with van der Waals surface area (Å²) in [6, 6.07) is 14.2. The summed E-state index contributed by atoms with van der Waals surface area (Å²) in [5, 5.41) is 3.77. The van der Waals surface area contributed by atoms with Crippen molar-refractivity contribution in [3.63, 3.8) is 0 Å². The number of likely N-dealkylation sites (N-methyl/N-ethyl adjacent to an activating group) is 1. The van der Waals surface area contributed by atoms with E-state index >= 15 is 0 Å². The van der Waals surface area contributed by atoms with E-state index < -0.39 is 0 Å². The van der Waals surface area contributed by atoms with E-state index in [9.17, 15) is 4.79 Å². The van der Waals surface area contributed by atoms with Crippen molar-refractivity contribution in [1.82, 2.24) is 29.2 Å². The van der Waals surface area contributed by atoms with Gasteiger partial charge in [0, 0.05) is 36.1 Å². The van der Waals surface area contributed by atoms with Crippen molar-refractivity contribution < 1.29 is 0 Å². The molecule has 36 heavy (non-hydrogen) atoms. The maximum atomic E-state index is 13.4. The summed E-state index contributed by atoms with van der Waals surface area (Å²) in [5.41, 5.74) is 3.42. The van der Waals surface area contributed by atoms with Gasteiger partial charge in [0.25, 0.3) is 5.56 Å². The average Bonchev–Trinajstić information content (AvgIpc) is 3.08. The summed E-state index contributed by atoms with van der Waals surface area (Å²) in [7, 11) is 4.15. The van der Waals surface area contributed by atoms with E-state index in [4.69, 9.17) is 9.97 Å². The normalized spacial score (nSPS) is 12.1. The van der Waals surface area contributed by atoms with E-state index in [1.807, 2.05) is 35.0 Å². The smallest absolute Gasteiger partial charge is 0.278 e. The number of fused-ring (bicyclic) bond motifs is 1. The minimum atomic E-state index is -0.122. The van der Waals surface area contributed by atoms with Crippen molar-refractivity contribution in [2.45, 2.75) is 53.0 Å². The van der Waals surface area contributed by atoms with Crippen molar-refractivity contribution in [3.05, 3.63) is 70.3 Å². The first-order valence-corrected chi connectivity index (χ1v) is 12.5. The largest absolute Gasteiger partial charge is 0.324 e. The molecule has 0 fully saturated rings. The highest BCUT2D eigenvalue weighted by molar-refractivity contribution is 5.77. The van der Waals surface area contributed by atoms with Crippen LogP contribution in [-0.4, -0.2) is 49.9 Å². The Labute approximate surface area is 213 Å². The second kappa shape index (κ2) is 10.2. The summed E-state index contributed by atoms with van der Waals surface area (Å²) >= 11 is 0. The Kier molecular flexibility index (Phi) is 7.26. The van der Waals surface area contributed by atoms with Crippen molar-refractivity contribution in [2.24, 2.45) is 5.92 Å². The summed E-state index contributed by atoms with van der Waals surface area (Å²) in [6.07, 6.45) is 2.60. The van der Waals surface area contributed by atoms with Gasteiger partial charge in [0.05, 0.1) is 0 Å². The van der Waals surface area contributed by atoms with Gasteiger partial charge >= 0.3 is 0 Å². The van der Waals surface area contributed by atoms with E-state index in [1.165, 1.54) is 5.56 Å². The van der Waals surface area contributed by atoms with Gasteiger partial charge in [-0.25, -0.2) is 19.3 Å². The lowest BCUT2D eigenvalue weighted by molar-refractivity contribution is 0.413. The van der Waals surface area contributed by atoms with Gasteiger partial charge in [-0.2, -0.15) is 4.98 Å². The highest BCUT2D eigenvalue weighted by Crippen LogP contribution is 2.23. The summed E-state index contributed by atoms with van der Waals surface area (Å²) in [6.45, 7) is 12.1. The van der Waals surface area contributed by atoms with Gasteiger partial charge in [-0.3, -0.25) is 4.79 Å². The van der Waals surface area contributed by atoms with Gasteiger partial charge in [-0.15, -0.1) is 0 Å². The number of benzene rings is 1. The highest BCUT2D eigenvalue weighted by atomic mass is 16.1. The van der Waals surface area contributed by atoms with Crippen LogP contribution in [0, 0.1) is 5.92 Å². The van der Waals surface area contributed by atoms with Crippen LogP contribution in [0.1, 0.15) is 45.9 Å². The molecule has 3 aromatic heterocycles. The molecule has 0 aliphatic rings. The lowest BCUT2D eigenvalue weighted by Crippen LogP contribution is -2.25. The molecule has 8 nitrogen and oxygen atoms in total. The molecule has 4 aromatic rings. The van der Waals surface area contributed by atoms with Crippen LogP contribution < -0.4 is 10.9 Å². The van der Waals surface area contributed by atoms with Crippen molar-refractivity contribution >= 4 is 22.7 Å². The number of anilines is 2. The van der Waals surface area contributed by atoms with Crippen LogP contribution in [0.2, 0.25) is 0 Å². The molecule has 0 aliphatic heterocycles. The molecule has 0 bridgehead atoms. The number of nitrogens with one attached hydrogen (secondary N) is 1. The molecular weight excluding hydrogens is 450 g/mol. The minimum Gasteiger partial charge on any atom is -0.324 e.